The molecule has 11 heteroatoms. The molecule has 0 saturated carbocycles. The summed E-state index contributed by atoms with van der Waals surface area (Å²) in [5.41, 5.74) is 5.06. The van der Waals surface area contributed by atoms with Gasteiger partial charge in [-0.1, -0.05) is 89.2 Å². The predicted molar refractivity (Wildman–Crippen MR) is 202 cm³/mol. The Morgan fingerprint density at radius 2 is 1.27 bits per heavy atom. The van der Waals surface area contributed by atoms with Crippen LogP contribution in [0.4, 0.5) is 0 Å². The highest BCUT2D eigenvalue weighted by atomic mass is 16.2. The van der Waals surface area contributed by atoms with Crippen LogP contribution in [0.3, 0.4) is 0 Å². The Labute approximate surface area is 305 Å². The Kier molecular flexibility index (Phi) is 10.1. The van der Waals surface area contributed by atoms with E-state index in [2.05, 4.69) is 55.8 Å². The van der Waals surface area contributed by atoms with E-state index in [0.717, 1.165) is 97.2 Å². The Hall–Kier alpha value is -5.16. The molecule has 0 bridgehead atoms. The second-order valence-electron chi connectivity index (χ2n) is 14.9. The normalized spacial score (nSPS) is 18.3. The third-order valence-corrected chi connectivity index (χ3v) is 10.5. The molecule has 0 radical (unpaired) electrons. The van der Waals surface area contributed by atoms with Crippen molar-refractivity contribution in [1.29, 1.82) is 0 Å². The van der Waals surface area contributed by atoms with Crippen LogP contribution in [-0.4, -0.2) is 82.6 Å². The molecule has 3 aromatic heterocycles. The van der Waals surface area contributed by atoms with Gasteiger partial charge in [-0.25, -0.2) is 19.9 Å². The number of benzene rings is 2. The molecule has 2 aromatic carbocycles. The summed E-state index contributed by atoms with van der Waals surface area (Å²) in [5, 5.41) is 0. The molecule has 2 amide bonds. The fourth-order valence-corrected chi connectivity index (χ4v) is 7.65. The summed E-state index contributed by atoms with van der Waals surface area (Å²) in [4.78, 5) is 59.1. The summed E-state index contributed by atoms with van der Waals surface area (Å²) >= 11 is 0. The number of aromatic amines is 2. The van der Waals surface area contributed by atoms with Gasteiger partial charge in [-0.3, -0.25) is 14.5 Å². The summed E-state index contributed by atoms with van der Waals surface area (Å²) < 4.78 is 0. The number of likely N-dealkylation sites (tertiary alicyclic amines) is 2. The second-order valence-corrected chi connectivity index (χ2v) is 14.9. The van der Waals surface area contributed by atoms with Crippen LogP contribution in [0.1, 0.15) is 95.6 Å². The largest absolute Gasteiger partial charge is 0.340 e. The van der Waals surface area contributed by atoms with E-state index in [1.54, 1.807) is 18.6 Å². The molecular formula is C41H49N9O2. The Morgan fingerprint density at radius 3 is 1.85 bits per heavy atom. The predicted octanol–water partition coefficient (Wildman–Crippen LogP) is 7.38. The minimum absolute atomic E-state index is 0.0470. The first-order chi connectivity index (χ1) is 25.2. The van der Waals surface area contributed by atoms with E-state index in [9.17, 15) is 9.59 Å². The first-order valence-corrected chi connectivity index (χ1v) is 18.6. The zero-order valence-corrected chi connectivity index (χ0v) is 30.8. The molecule has 7 rings (SSSR count). The van der Waals surface area contributed by atoms with Crippen molar-refractivity contribution in [3.63, 3.8) is 0 Å². The molecule has 0 aliphatic carbocycles. The van der Waals surface area contributed by atoms with E-state index in [1.165, 1.54) is 0 Å². The van der Waals surface area contributed by atoms with Gasteiger partial charge in [-0.05, 0) is 49.9 Å². The van der Waals surface area contributed by atoms with Crippen LogP contribution < -0.4 is 0 Å². The molecule has 3 atom stereocenters. The summed E-state index contributed by atoms with van der Waals surface area (Å²) in [7, 11) is 0. The van der Waals surface area contributed by atoms with Crippen LogP contribution in [-0.2, 0) is 9.59 Å². The van der Waals surface area contributed by atoms with Crippen LogP contribution >= 0.6 is 0 Å². The lowest BCUT2D eigenvalue weighted by molar-refractivity contribution is -0.140. The van der Waals surface area contributed by atoms with Crippen LogP contribution in [0.2, 0.25) is 0 Å². The first kappa shape index (κ1) is 35.3. The number of hydrogen-bond acceptors (Lipinski definition) is 7. The molecule has 5 heterocycles. The van der Waals surface area contributed by atoms with Crippen molar-refractivity contribution in [3.05, 3.63) is 96.6 Å². The number of likely N-dealkylation sites (N-methyl/N-ethyl adjacent to an activating group) is 1. The van der Waals surface area contributed by atoms with Crippen molar-refractivity contribution in [3.8, 4) is 33.9 Å². The molecule has 2 aliphatic heterocycles. The number of imidazole rings is 2. The highest BCUT2D eigenvalue weighted by Crippen LogP contribution is 2.37. The maximum atomic E-state index is 14.2. The number of carbonyl (C=O) groups is 2. The van der Waals surface area contributed by atoms with Gasteiger partial charge in [0.1, 0.15) is 17.7 Å². The SMILES string of the molecule is CCN(CC)[C@@H](C(=O)N1CCC[C@H]1c1ncc(-c2ccc(-c3ncc(-c4cnc([C@@H]5CCCN5C(=O)C(C)(C)C)[nH]4)cn3)cc2)[nH]1)c1ccccc1. The van der Waals surface area contributed by atoms with E-state index >= 15 is 0 Å². The molecule has 270 valence electrons. The van der Waals surface area contributed by atoms with Gasteiger partial charge in [0.2, 0.25) is 11.8 Å². The number of amides is 2. The second kappa shape index (κ2) is 14.8. The lowest BCUT2D eigenvalue weighted by Gasteiger charge is -2.34. The standard InChI is InChI=1S/C41H49N9O2/c1-6-48(7-2)35(28-13-9-8-10-14-28)39(51)49-21-11-15-33(49)37-44-25-31(46-37)27-17-19-29(20-18-27)36-42-23-30(24-43-36)32-26-45-38(47-32)34-16-12-22-50(34)40(52)41(3,4)5/h8-10,13-14,17-20,23-26,33-35H,6-7,11-12,15-16,21-22H2,1-5H3,(H,44,46)(H,45,47)/t33-,34-,35+/m0/s1. The van der Waals surface area contributed by atoms with Gasteiger partial charge in [0.05, 0.1) is 35.9 Å². The van der Waals surface area contributed by atoms with Gasteiger partial charge in [0, 0.05) is 42.0 Å². The van der Waals surface area contributed by atoms with Crippen molar-refractivity contribution < 1.29 is 9.59 Å². The molecule has 0 spiro atoms. The number of aromatic nitrogens is 6. The number of nitrogens with zero attached hydrogens (tertiary/aromatic N) is 7. The quantitative estimate of drug-likeness (QED) is 0.156. The molecule has 2 N–H and O–H groups in total. The zero-order chi connectivity index (χ0) is 36.4. The number of H-pyrrole nitrogens is 2. The topological polar surface area (TPSA) is 127 Å². The van der Waals surface area contributed by atoms with Gasteiger partial charge in [-0.2, -0.15) is 0 Å². The fraction of sp³-hybridized carbons (Fsp3) is 0.415. The smallest absolute Gasteiger partial charge is 0.245 e. The minimum atomic E-state index is -0.432. The minimum Gasteiger partial charge on any atom is -0.340 e. The van der Waals surface area contributed by atoms with E-state index in [1.807, 2.05) is 79.2 Å². The fourth-order valence-electron chi connectivity index (χ4n) is 7.65. The van der Waals surface area contributed by atoms with Gasteiger partial charge < -0.3 is 19.8 Å². The maximum Gasteiger partial charge on any atom is 0.245 e. The molecule has 0 unspecified atom stereocenters. The maximum absolute atomic E-state index is 14.2. The summed E-state index contributed by atoms with van der Waals surface area (Å²) in [5.74, 6) is 2.52. The van der Waals surface area contributed by atoms with E-state index in [-0.39, 0.29) is 29.9 Å². The number of carbonyl (C=O) groups excluding carboxylic acids is 2. The Bertz CT molecular complexity index is 1970. The molecule has 52 heavy (non-hydrogen) atoms. The first-order valence-electron chi connectivity index (χ1n) is 18.6. The Morgan fingerprint density at radius 1 is 0.731 bits per heavy atom. The van der Waals surface area contributed by atoms with Crippen molar-refractivity contribution in [2.24, 2.45) is 5.41 Å². The highest BCUT2D eigenvalue weighted by Gasteiger charge is 2.39. The molecule has 2 fully saturated rings. The van der Waals surface area contributed by atoms with Crippen molar-refractivity contribution in [2.45, 2.75) is 78.4 Å². The van der Waals surface area contributed by atoms with Gasteiger partial charge in [0.15, 0.2) is 5.82 Å². The summed E-state index contributed by atoms with van der Waals surface area (Å²) in [6.45, 7) is 13.2. The lowest BCUT2D eigenvalue weighted by atomic mass is 9.94. The number of nitrogens with one attached hydrogen (secondary N) is 2. The van der Waals surface area contributed by atoms with Gasteiger partial charge >= 0.3 is 0 Å². The summed E-state index contributed by atoms with van der Waals surface area (Å²) in [6.07, 6.45) is 10.9. The Balaban J connectivity index is 1.03. The average molecular weight is 700 g/mol. The molecule has 5 aromatic rings. The van der Waals surface area contributed by atoms with Crippen molar-refractivity contribution >= 4 is 11.8 Å². The number of rotatable bonds is 10. The van der Waals surface area contributed by atoms with Crippen LogP contribution in [0.25, 0.3) is 33.9 Å². The lowest BCUT2D eigenvalue weighted by Crippen LogP contribution is -2.43. The molecular weight excluding hydrogens is 651 g/mol. The molecule has 2 aliphatic rings. The summed E-state index contributed by atoms with van der Waals surface area (Å²) in [6, 6.07) is 17.8. The monoisotopic (exact) mass is 699 g/mol. The third kappa shape index (κ3) is 7.01. The van der Waals surface area contributed by atoms with Gasteiger partial charge in [0.25, 0.3) is 0 Å². The highest BCUT2D eigenvalue weighted by molar-refractivity contribution is 5.84. The van der Waals surface area contributed by atoms with Crippen LogP contribution in [0.5, 0.6) is 0 Å². The van der Waals surface area contributed by atoms with E-state index in [0.29, 0.717) is 5.82 Å². The molecule has 2 saturated heterocycles. The number of hydrogen-bond donors (Lipinski definition) is 2. The average Bonchev–Trinajstić information content (AvgIpc) is 4.00. The third-order valence-electron chi connectivity index (χ3n) is 10.5. The van der Waals surface area contributed by atoms with Crippen LogP contribution in [0.15, 0.2) is 79.4 Å². The van der Waals surface area contributed by atoms with E-state index in [4.69, 9.17) is 4.98 Å². The van der Waals surface area contributed by atoms with E-state index < -0.39 is 5.41 Å². The molecule has 11 nitrogen and oxygen atoms in total. The van der Waals surface area contributed by atoms with Gasteiger partial charge in [-0.15, -0.1) is 0 Å². The van der Waals surface area contributed by atoms with Crippen molar-refractivity contribution in [1.82, 2.24) is 44.6 Å². The van der Waals surface area contributed by atoms with Crippen LogP contribution in [0, 0.1) is 5.41 Å². The van der Waals surface area contributed by atoms with Crippen molar-refractivity contribution in [2.75, 3.05) is 26.2 Å². The zero-order valence-electron chi connectivity index (χ0n) is 30.8.